The average molecular weight is 371 g/mol. The maximum atomic E-state index is 13.3. The fraction of sp³-hybridized carbons (Fsp3) is 0.400. The lowest BCUT2D eigenvalue weighted by Crippen LogP contribution is -2.25. The SMILES string of the molecule is CCn1c(NCCc2cccc(F)c2)nc2sc3c(c2c1=O)CCCC3. The van der Waals surface area contributed by atoms with Crippen LogP contribution in [0.1, 0.15) is 35.8 Å². The molecule has 136 valence electrons. The highest BCUT2D eigenvalue weighted by Crippen LogP contribution is 2.34. The molecule has 26 heavy (non-hydrogen) atoms. The van der Waals surface area contributed by atoms with Crippen LogP contribution in [0.2, 0.25) is 0 Å². The molecular weight excluding hydrogens is 349 g/mol. The van der Waals surface area contributed by atoms with Gasteiger partial charge < -0.3 is 5.32 Å². The molecule has 0 unspecified atom stereocenters. The monoisotopic (exact) mass is 371 g/mol. The molecule has 0 bridgehead atoms. The molecule has 4 rings (SSSR count). The highest BCUT2D eigenvalue weighted by Gasteiger charge is 2.21. The summed E-state index contributed by atoms with van der Waals surface area (Å²) < 4.78 is 15.0. The van der Waals surface area contributed by atoms with Crippen molar-refractivity contribution in [2.75, 3.05) is 11.9 Å². The van der Waals surface area contributed by atoms with Gasteiger partial charge in [0.05, 0.1) is 5.39 Å². The van der Waals surface area contributed by atoms with E-state index < -0.39 is 0 Å². The van der Waals surface area contributed by atoms with Crippen LogP contribution in [0.4, 0.5) is 10.3 Å². The van der Waals surface area contributed by atoms with Gasteiger partial charge in [0, 0.05) is 18.0 Å². The van der Waals surface area contributed by atoms with Crippen LogP contribution in [0.15, 0.2) is 29.1 Å². The van der Waals surface area contributed by atoms with Crippen LogP contribution in [0.5, 0.6) is 0 Å². The van der Waals surface area contributed by atoms with Gasteiger partial charge in [0.1, 0.15) is 10.6 Å². The topological polar surface area (TPSA) is 46.9 Å². The Bertz CT molecular complexity index is 1010. The number of anilines is 1. The number of rotatable bonds is 5. The molecule has 1 aromatic carbocycles. The number of hydrogen-bond acceptors (Lipinski definition) is 4. The molecule has 0 atom stereocenters. The molecule has 0 fully saturated rings. The van der Waals surface area contributed by atoms with E-state index in [1.165, 1.54) is 22.9 Å². The first-order chi connectivity index (χ1) is 12.7. The molecule has 3 aromatic rings. The molecule has 0 aliphatic heterocycles. The molecule has 2 heterocycles. The Morgan fingerprint density at radius 3 is 2.96 bits per heavy atom. The first kappa shape index (κ1) is 17.2. The van der Waals surface area contributed by atoms with Gasteiger partial charge in [0.2, 0.25) is 5.95 Å². The number of halogens is 1. The van der Waals surface area contributed by atoms with E-state index >= 15 is 0 Å². The number of benzene rings is 1. The first-order valence-electron chi connectivity index (χ1n) is 9.20. The minimum absolute atomic E-state index is 0.0603. The summed E-state index contributed by atoms with van der Waals surface area (Å²) >= 11 is 1.67. The van der Waals surface area contributed by atoms with Crippen LogP contribution in [0, 0.1) is 5.82 Å². The van der Waals surface area contributed by atoms with E-state index in [2.05, 4.69) is 5.32 Å². The molecule has 0 radical (unpaired) electrons. The predicted octanol–water partition coefficient (Wildman–Crippen LogP) is 4.15. The second-order valence-corrected chi connectivity index (χ2v) is 7.77. The van der Waals surface area contributed by atoms with Gasteiger partial charge in [-0.05, 0) is 62.3 Å². The summed E-state index contributed by atoms with van der Waals surface area (Å²) in [6.07, 6.45) is 5.07. The zero-order chi connectivity index (χ0) is 18.1. The molecule has 2 aromatic heterocycles. The summed E-state index contributed by atoms with van der Waals surface area (Å²) in [4.78, 5) is 20.0. The van der Waals surface area contributed by atoms with Crippen molar-refractivity contribution in [2.45, 2.75) is 45.6 Å². The first-order valence-corrected chi connectivity index (χ1v) is 10.0. The van der Waals surface area contributed by atoms with Gasteiger partial charge >= 0.3 is 0 Å². The molecule has 4 nitrogen and oxygen atoms in total. The van der Waals surface area contributed by atoms with Crippen LogP contribution in [0.3, 0.4) is 0 Å². The minimum atomic E-state index is -0.225. The summed E-state index contributed by atoms with van der Waals surface area (Å²) in [5.74, 6) is 0.386. The van der Waals surface area contributed by atoms with E-state index in [0.29, 0.717) is 25.5 Å². The third-order valence-electron chi connectivity index (χ3n) is 4.98. The van der Waals surface area contributed by atoms with Gasteiger partial charge in [-0.25, -0.2) is 9.37 Å². The van der Waals surface area contributed by atoms with Crippen molar-refractivity contribution in [3.8, 4) is 0 Å². The van der Waals surface area contributed by atoms with Gasteiger partial charge in [-0.1, -0.05) is 12.1 Å². The van der Waals surface area contributed by atoms with Crippen molar-refractivity contribution in [3.63, 3.8) is 0 Å². The van der Waals surface area contributed by atoms with Crippen molar-refractivity contribution in [1.29, 1.82) is 0 Å². The van der Waals surface area contributed by atoms with Gasteiger partial charge in [0.15, 0.2) is 0 Å². The van der Waals surface area contributed by atoms with E-state index in [1.54, 1.807) is 28.0 Å². The smallest absolute Gasteiger partial charge is 0.263 e. The van der Waals surface area contributed by atoms with E-state index in [-0.39, 0.29) is 11.4 Å². The van der Waals surface area contributed by atoms with E-state index in [9.17, 15) is 9.18 Å². The van der Waals surface area contributed by atoms with Crippen LogP contribution < -0.4 is 10.9 Å². The fourth-order valence-corrected chi connectivity index (χ4v) is 4.93. The standard InChI is InChI=1S/C20H22FN3OS/c1-2-24-19(25)17-15-8-3-4-9-16(15)26-18(17)23-20(24)22-11-10-13-6-5-7-14(21)12-13/h5-7,12H,2-4,8-11H2,1H3,(H,22,23). The van der Waals surface area contributed by atoms with Crippen molar-refractivity contribution >= 4 is 27.5 Å². The maximum absolute atomic E-state index is 13.3. The van der Waals surface area contributed by atoms with Crippen molar-refractivity contribution < 1.29 is 4.39 Å². The van der Waals surface area contributed by atoms with Gasteiger partial charge in [0.25, 0.3) is 5.56 Å². The predicted molar refractivity (Wildman–Crippen MR) is 105 cm³/mol. The summed E-state index contributed by atoms with van der Waals surface area (Å²) in [5, 5.41) is 4.10. The van der Waals surface area contributed by atoms with Crippen molar-refractivity contribution in [2.24, 2.45) is 0 Å². The lowest BCUT2D eigenvalue weighted by Gasteiger charge is -2.13. The number of fused-ring (bicyclic) bond motifs is 3. The molecule has 0 amide bonds. The third kappa shape index (κ3) is 3.14. The van der Waals surface area contributed by atoms with Crippen LogP contribution in [-0.4, -0.2) is 16.1 Å². The molecular formula is C20H22FN3OS. The summed E-state index contributed by atoms with van der Waals surface area (Å²) in [6, 6.07) is 6.60. The second kappa shape index (κ2) is 7.19. The Hall–Kier alpha value is -2.21. The zero-order valence-corrected chi connectivity index (χ0v) is 15.7. The van der Waals surface area contributed by atoms with Gasteiger partial charge in [-0.3, -0.25) is 9.36 Å². The zero-order valence-electron chi connectivity index (χ0n) is 14.8. The third-order valence-corrected chi connectivity index (χ3v) is 6.16. The Kier molecular flexibility index (Phi) is 4.76. The van der Waals surface area contributed by atoms with Crippen molar-refractivity contribution in [3.05, 3.63) is 56.4 Å². The molecule has 1 aliphatic carbocycles. The van der Waals surface area contributed by atoms with Gasteiger partial charge in [-0.2, -0.15) is 0 Å². The number of thiophene rings is 1. The number of nitrogens with one attached hydrogen (secondary N) is 1. The summed E-state index contributed by atoms with van der Waals surface area (Å²) in [5.41, 5.74) is 2.21. The fourth-order valence-electron chi connectivity index (χ4n) is 3.68. The lowest BCUT2D eigenvalue weighted by atomic mass is 9.97. The Balaban J connectivity index is 1.63. The van der Waals surface area contributed by atoms with Crippen LogP contribution in [0.25, 0.3) is 10.2 Å². The number of hydrogen-bond donors (Lipinski definition) is 1. The quantitative estimate of drug-likeness (QED) is 0.733. The maximum Gasteiger partial charge on any atom is 0.263 e. The molecule has 6 heteroatoms. The van der Waals surface area contributed by atoms with E-state index in [0.717, 1.165) is 35.0 Å². The molecule has 0 spiro atoms. The van der Waals surface area contributed by atoms with E-state index in [1.807, 2.05) is 13.0 Å². The molecule has 1 N–H and O–H groups in total. The minimum Gasteiger partial charge on any atom is -0.355 e. The van der Waals surface area contributed by atoms with Crippen LogP contribution in [-0.2, 0) is 25.8 Å². The van der Waals surface area contributed by atoms with Crippen molar-refractivity contribution in [1.82, 2.24) is 9.55 Å². The van der Waals surface area contributed by atoms with Gasteiger partial charge in [-0.15, -0.1) is 11.3 Å². The number of aromatic nitrogens is 2. The highest BCUT2D eigenvalue weighted by atomic mass is 32.1. The number of aryl methyl sites for hydroxylation is 2. The van der Waals surface area contributed by atoms with Crippen LogP contribution >= 0.6 is 11.3 Å². The summed E-state index contributed by atoms with van der Waals surface area (Å²) in [7, 11) is 0. The molecule has 0 saturated carbocycles. The Morgan fingerprint density at radius 2 is 2.15 bits per heavy atom. The van der Waals surface area contributed by atoms with E-state index in [4.69, 9.17) is 4.98 Å². The Morgan fingerprint density at radius 1 is 1.31 bits per heavy atom. The number of nitrogens with zero attached hydrogens (tertiary/aromatic N) is 2. The molecule has 0 saturated heterocycles. The largest absolute Gasteiger partial charge is 0.355 e. The summed E-state index contributed by atoms with van der Waals surface area (Å²) in [6.45, 7) is 3.15. The molecule has 1 aliphatic rings. The highest BCUT2D eigenvalue weighted by molar-refractivity contribution is 7.18. The normalized spacial score (nSPS) is 13.8. The second-order valence-electron chi connectivity index (χ2n) is 6.68. The average Bonchev–Trinajstić information content (AvgIpc) is 3.00. The lowest BCUT2D eigenvalue weighted by molar-refractivity contribution is 0.625. The Labute approximate surface area is 155 Å².